The molecular formula is C22H32N4O3S. The van der Waals surface area contributed by atoms with Crippen molar-refractivity contribution in [3.8, 4) is 0 Å². The fourth-order valence-corrected chi connectivity index (χ4v) is 4.06. The number of guanidine groups is 1. The maximum absolute atomic E-state index is 12.4. The molecular weight excluding hydrogens is 400 g/mol. The molecule has 0 aliphatic carbocycles. The predicted octanol–water partition coefficient (Wildman–Crippen LogP) is 2.38. The third-order valence-electron chi connectivity index (χ3n) is 4.68. The summed E-state index contributed by atoms with van der Waals surface area (Å²) in [5.41, 5.74) is 3.37. The van der Waals surface area contributed by atoms with E-state index in [-0.39, 0.29) is 11.4 Å². The number of hydrogen-bond acceptors (Lipinski definition) is 4. The normalized spacial score (nSPS) is 12.1. The van der Waals surface area contributed by atoms with Gasteiger partial charge in [-0.2, -0.15) is 0 Å². The van der Waals surface area contributed by atoms with Gasteiger partial charge >= 0.3 is 0 Å². The molecule has 0 aromatic heterocycles. The van der Waals surface area contributed by atoms with Gasteiger partial charge in [0.2, 0.25) is 10.0 Å². The second-order valence-electron chi connectivity index (χ2n) is 6.96. The first-order chi connectivity index (χ1) is 14.4. The first-order valence-corrected chi connectivity index (χ1v) is 11.4. The number of benzene rings is 2. The van der Waals surface area contributed by atoms with Crippen LogP contribution in [0.2, 0.25) is 0 Å². The van der Waals surface area contributed by atoms with Crippen molar-refractivity contribution in [2.24, 2.45) is 4.99 Å². The van der Waals surface area contributed by atoms with Gasteiger partial charge in [-0.25, -0.2) is 13.1 Å². The van der Waals surface area contributed by atoms with Gasteiger partial charge < -0.3 is 15.0 Å². The number of rotatable bonds is 10. The number of sulfonamides is 1. The van der Waals surface area contributed by atoms with E-state index >= 15 is 0 Å². The number of nitrogens with zero attached hydrogens (tertiary/aromatic N) is 2. The van der Waals surface area contributed by atoms with Crippen LogP contribution < -0.4 is 10.0 Å². The number of hydrogen-bond donors (Lipinski definition) is 2. The molecule has 0 heterocycles. The molecule has 2 N–H and O–H groups in total. The van der Waals surface area contributed by atoms with Crippen molar-refractivity contribution in [3.05, 3.63) is 65.2 Å². The smallest absolute Gasteiger partial charge is 0.240 e. The molecule has 8 heteroatoms. The van der Waals surface area contributed by atoms with Crippen molar-refractivity contribution >= 4 is 16.0 Å². The van der Waals surface area contributed by atoms with E-state index in [1.54, 1.807) is 25.2 Å². The third-order valence-corrected chi connectivity index (χ3v) is 6.14. The average Bonchev–Trinajstić information content (AvgIpc) is 2.75. The molecule has 0 atom stereocenters. The van der Waals surface area contributed by atoms with Crippen LogP contribution in [-0.4, -0.2) is 53.6 Å². The summed E-state index contributed by atoms with van der Waals surface area (Å²) >= 11 is 0. The van der Waals surface area contributed by atoms with E-state index in [4.69, 9.17) is 4.74 Å². The Morgan fingerprint density at radius 1 is 1.10 bits per heavy atom. The minimum atomic E-state index is -3.56. The van der Waals surface area contributed by atoms with Crippen molar-refractivity contribution in [2.75, 3.05) is 34.4 Å². The highest BCUT2D eigenvalue weighted by Crippen LogP contribution is 2.12. The summed E-state index contributed by atoms with van der Waals surface area (Å²) in [7, 11) is 1.68. The molecule has 164 valence electrons. The highest BCUT2D eigenvalue weighted by Gasteiger charge is 2.14. The SMILES string of the molecule is CCc1ccc(CN(C)C(=NC)NCc2cccc(S(=O)(=O)NCCOC)c2)cc1. The largest absolute Gasteiger partial charge is 0.383 e. The standard InChI is InChI=1S/C22H32N4O3S/c1-5-18-9-11-19(12-10-18)17-26(3)22(23-2)24-16-20-7-6-8-21(15-20)30(27,28)25-13-14-29-4/h6-12,15,25H,5,13-14,16-17H2,1-4H3,(H,23,24). The molecule has 0 aliphatic rings. The summed E-state index contributed by atoms with van der Waals surface area (Å²) in [5.74, 6) is 0.737. The number of ether oxygens (including phenoxy) is 1. The van der Waals surface area contributed by atoms with Gasteiger partial charge in [0, 0.05) is 40.8 Å². The quantitative estimate of drug-likeness (QED) is 0.342. The summed E-state index contributed by atoms with van der Waals surface area (Å²) in [6, 6.07) is 15.4. The fraction of sp³-hybridized carbons (Fsp3) is 0.409. The zero-order chi connectivity index (χ0) is 22.0. The Hall–Kier alpha value is -2.42. The van der Waals surface area contributed by atoms with Gasteiger partial charge in [0.25, 0.3) is 0 Å². The lowest BCUT2D eigenvalue weighted by Crippen LogP contribution is -2.38. The van der Waals surface area contributed by atoms with Crippen LogP contribution in [0.15, 0.2) is 58.4 Å². The summed E-state index contributed by atoms with van der Waals surface area (Å²) in [6.07, 6.45) is 1.02. The highest BCUT2D eigenvalue weighted by molar-refractivity contribution is 7.89. The molecule has 7 nitrogen and oxygen atoms in total. The minimum absolute atomic E-state index is 0.234. The molecule has 30 heavy (non-hydrogen) atoms. The summed E-state index contributed by atoms with van der Waals surface area (Å²) < 4.78 is 32.2. The number of nitrogens with one attached hydrogen (secondary N) is 2. The second kappa shape index (κ2) is 11.7. The van der Waals surface area contributed by atoms with Gasteiger partial charge in [-0.3, -0.25) is 4.99 Å². The van der Waals surface area contributed by atoms with Crippen LogP contribution in [0, 0.1) is 0 Å². The van der Waals surface area contributed by atoms with Crippen molar-refractivity contribution in [3.63, 3.8) is 0 Å². The van der Waals surface area contributed by atoms with Crippen LogP contribution in [0.4, 0.5) is 0 Å². The Morgan fingerprint density at radius 3 is 2.43 bits per heavy atom. The Balaban J connectivity index is 1.98. The molecule has 0 amide bonds. The molecule has 0 saturated carbocycles. The number of aryl methyl sites for hydroxylation is 1. The summed E-state index contributed by atoms with van der Waals surface area (Å²) in [5, 5.41) is 3.30. The van der Waals surface area contributed by atoms with Crippen LogP contribution in [-0.2, 0) is 34.3 Å². The molecule has 2 aromatic carbocycles. The summed E-state index contributed by atoms with van der Waals surface area (Å²) in [6.45, 7) is 3.89. The van der Waals surface area contributed by atoms with Gasteiger partial charge in [0.05, 0.1) is 11.5 Å². The Kier molecular flexibility index (Phi) is 9.29. The van der Waals surface area contributed by atoms with Gasteiger partial charge in [0.1, 0.15) is 0 Å². The molecule has 0 fully saturated rings. The van der Waals surface area contributed by atoms with Crippen LogP contribution in [0.3, 0.4) is 0 Å². The van der Waals surface area contributed by atoms with Crippen LogP contribution in [0.1, 0.15) is 23.6 Å². The minimum Gasteiger partial charge on any atom is -0.383 e. The Labute approximate surface area is 180 Å². The molecule has 0 saturated heterocycles. The van der Waals surface area contributed by atoms with E-state index in [1.807, 2.05) is 18.0 Å². The van der Waals surface area contributed by atoms with Crippen LogP contribution in [0.25, 0.3) is 0 Å². The molecule has 0 bridgehead atoms. The van der Waals surface area contributed by atoms with E-state index in [2.05, 4.69) is 46.2 Å². The Morgan fingerprint density at radius 2 is 1.80 bits per heavy atom. The maximum atomic E-state index is 12.4. The molecule has 2 aromatic rings. The van der Waals surface area contributed by atoms with E-state index in [9.17, 15) is 8.42 Å². The molecule has 0 unspecified atom stereocenters. The monoisotopic (exact) mass is 432 g/mol. The van der Waals surface area contributed by atoms with Gasteiger partial charge in [-0.1, -0.05) is 43.3 Å². The lowest BCUT2D eigenvalue weighted by molar-refractivity contribution is 0.204. The maximum Gasteiger partial charge on any atom is 0.240 e. The van der Waals surface area contributed by atoms with Crippen molar-refractivity contribution in [1.29, 1.82) is 0 Å². The Bertz CT molecular complexity index is 928. The second-order valence-corrected chi connectivity index (χ2v) is 8.73. The zero-order valence-corrected chi connectivity index (χ0v) is 19.0. The van der Waals surface area contributed by atoms with E-state index in [0.29, 0.717) is 13.2 Å². The van der Waals surface area contributed by atoms with E-state index in [0.717, 1.165) is 24.5 Å². The first kappa shape index (κ1) is 23.9. The lowest BCUT2D eigenvalue weighted by Gasteiger charge is -2.22. The predicted molar refractivity (Wildman–Crippen MR) is 121 cm³/mol. The topological polar surface area (TPSA) is 83.0 Å². The lowest BCUT2D eigenvalue weighted by atomic mass is 10.1. The molecule has 0 spiro atoms. The first-order valence-electron chi connectivity index (χ1n) is 9.96. The van der Waals surface area contributed by atoms with Gasteiger partial charge in [-0.05, 0) is 35.2 Å². The fourth-order valence-electron chi connectivity index (χ4n) is 2.98. The van der Waals surface area contributed by atoms with Gasteiger partial charge in [0.15, 0.2) is 5.96 Å². The highest BCUT2D eigenvalue weighted by atomic mass is 32.2. The zero-order valence-electron chi connectivity index (χ0n) is 18.2. The molecule has 0 aliphatic heterocycles. The summed E-state index contributed by atoms with van der Waals surface area (Å²) in [4.78, 5) is 6.61. The van der Waals surface area contributed by atoms with Crippen LogP contribution >= 0.6 is 0 Å². The number of aliphatic imine (C=N–C) groups is 1. The number of methoxy groups -OCH3 is 1. The van der Waals surface area contributed by atoms with Crippen molar-refractivity contribution in [2.45, 2.75) is 31.3 Å². The van der Waals surface area contributed by atoms with Crippen molar-refractivity contribution in [1.82, 2.24) is 14.9 Å². The average molecular weight is 433 g/mol. The third kappa shape index (κ3) is 7.12. The van der Waals surface area contributed by atoms with E-state index in [1.165, 1.54) is 18.2 Å². The van der Waals surface area contributed by atoms with Crippen molar-refractivity contribution < 1.29 is 13.2 Å². The van der Waals surface area contributed by atoms with Crippen LogP contribution in [0.5, 0.6) is 0 Å². The van der Waals surface area contributed by atoms with Gasteiger partial charge in [-0.15, -0.1) is 0 Å². The molecule has 0 radical (unpaired) electrons. The van der Waals surface area contributed by atoms with E-state index < -0.39 is 10.0 Å². The molecule has 2 rings (SSSR count).